The van der Waals surface area contributed by atoms with Gasteiger partial charge in [0, 0.05) is 18.3 Å². The second kappa shape index (κ2) is 5.60. The van der Waals surface area contributed by atoms with Gasteiger partial charge in [0.2, 0.25) is 0 Å². The van der Waals surface area contributed by atoms with Crippen LogP contribution in [-0.2, 0) is 13.0 Å². The lowest BCUT2D eigenvalue weighted by atomic mass is 9.98. The summed E-state index contributed by atoms with van der Waals surface area (Å²) in [5, 5.41) is 1.09. The average molecular weight is 308 g/mol. The molecule has 0 saturated heterocycles. The Hall–Kier alpha value is -1.29. The molecule has 1 aromatic heterocycles. The van der Waals surface area contributed by atoms with Crippen molar-refractivity contribution in [2.45, 2.75) is 19.0 Å². The maximum absolute atomic E-state index is 6.20. The summed E-state index contributed by atoms with van der Waals surface area (Å²) in [6.45, 7) is 1.41. The highest BCUT2D eigenvalue weighted by molar-refractivity contribution is 6.32. The number of nitrogens with two attached hydrogens (primary N) is 1. The van der Waals surface area contributed by atoms with Crippen molar-refractivity contribution in [3.05, 3.63) is 57.8 Å². The highest BCUT2D eigenvalue weighted by atomic mass is 35.5. The van der Waals surface area contributed by atoms with Gasteiger partial charge in [-0.25, -0.2) is 4.98 Å². The lowest BCUT2D eigenvalue weighted by molar-refractivity contribution is 0.595. The fourth-order valence-electron chi connectivity index (χ4n) is 2.62. The van der Waals surface area contributed by atoms with Crippen LogP contribution in [0.3, 0.4) is 0 Å². The van der Waals surface area contributed by atoms with E-state index in [4.69, 9.17) is 28.9 Å². The van der Waals surface area contributed by atoms with Crippen LogP contribution in [0.25, 0.3) is 0 Å². The van der Waals surface area contributed by atoms with Gasteiger partial charge in [-0.2, -0.15) is 0 Å². The molecule has 20 heavy (non-hydrogen) atoms. The Balaban J connectivity index is 1.93. The lowest BCUT2D eigenvalue weighted by Crippen LogP contribution is -2.43. The first kappa shape index (κ1) is 13.7. The van der Waals surface area contributed by atoms with Gasteiger partial charge in [-0.3, -0.25) is 0 Å². The highest BCUT2D eigenvalue weighted by Crippen LogP contribution is 2.29. The van der Waals surface area contributed by atoms with Gasteiger partial charge in [0.25, 0.3) is 0 Å². The van der Waals surface area contributed by atoms with Crippen LogP contribution in [0.1, 0.15) is 11.3 Å². The molecule has 0 fully saturated rings. The van der Waals surface area contributed by atoms with Gasteiger partial charge < -0.3 is 10.6 Å². The van der Waals surface area contributed by atoms with E-state index in [1.165, 1.54) is 11.3 Å². The van der Waals surface area contributed by atoms with E-state index in [1.807, 2.05) is 12.1 Å². The van der Waals surface area contributed by atoms with Crippen LogP contribution in [0.5, 0.6) is 0 Å². The van der Waals surface area contributed by atoms with E-state index in [-0.39, 0.29) is 6.04 Å². The Kier molecular flexibility index (Phi) is 3.83. The summed E-state index contributed by atoms with van der Waals surface area (Å²) in [5.74, 6) is 0. The van der Waals surface area contributed by atoms with Crippen molar-refractivity contribution in [2.24, 2.45) is 5.73 Å². The molecule has 2 N–H and O–H groups in total. The minimum absolute atomic E-state index is 0.128. The molecule has 3 rings (SSSR count). The Labute approximate surface area is 128 Å². The molecule has 104 valence electrons. The fraction of sp³-hybridized carbons (Fsp3) is 0.267. The minimum atomic E-state index is 0.128. The molecule has 3 nitrogen and oxygen atoms in total. The molecule has 0 aliphatic carbocycles. The smallest absolute Gasteiger partial charge is 0.129 e. The number of para-hydroxylation sites is 1. The number of pyridine rings is 1. The van der Waals surface area contributed by atoms with Crippen LogP contribution in [0.2, 0.25) is 10.2 Å². The van der Waals surface area contributed by atoms with Gasteiger partial charge in [0.15, 0.2) is 0 Å². The SMILES string of the molecule is NC1Cc2ccccc2N(Cc2nc(Cl)ccc2Cl)C1. The molecule has 1 aliphatic heterocycles. The summed E-state index contributed by atoms with van der Waals surface area (Å²) in [6.07, 6.45) is 0.906. The third kappa shape index (κ3) is 2.75. The largest absolute Gasteiger partial charge is 0.364 e. The van der Waals surface area contributed by atoms with Crippen molar-refractivity contribution in [3.63, 3.8) is 0 Å². The number of hydrogen-bond donors (Lipinski definition) is 1. The van der Waals surface area contributed by atoms with Crippen molar-refractivity contribution in [2.75, 3.05) is 11.4 Å². The molecule has 1 aromatic carbocycles. The van der Waals surface area contributed by atoms with Crippen molar-refractivity contribution in [1.82, 2.24) is 4.98 Å². The van der Waals surface area contributed by atoms with Crippen LogP contribution in [0.15, 0.2) is 36.4 Å². The number of rotatable bonds is 2. The van der Waals surface area contributed by atoms with Gasteiger partial charge in [-0.15, -0.1) is 0 Å². The molecule has 1 aliphatic rings. The number of aromatic nitrogens is 1. The zero-order valence-corrected chi connectivity index (χ0v) is 12.4. The van der Waals surface area contributed by atoms with E-state index in [1.54, 1.807) is 12.1 Å². The Bertz CT molecular complexity index is 630. The summed E-state index contributed by atoms with van der Waals surface area (Å²) in [4.78, 5) is 6.53. The molecule has 1 unspecified atom stereocenters. The minimum Gasteiger partial charge on any atom is -0.364 e. The van der Waals surface area contributed by atoms with Gasteiger partial charge in [-0.1, -0.05) is 41.4 Å². The Morgan fingerprint density at radius 3 is 2.85 bits per heavy atom. The zero-order valence-electron chi connectivity index (χ0n) is 10.9. The van der Waals surface area contributed by atoms with E-state index in [2.05, 4.69) is 22.0 Å². The van der Waals surface area contributed by atoms with E-state index in [9.17, 15) is 0 Å². The van der Waals surface area contributed by atoms with Gasteiger partial charge in [0.1, 0.15) is 5.15 Å². The van der Waals surface area contributed by atoms with Crippen molar-refractivity contribution < 1.29 is 0 Å². The summed E-state index contributed by atoms with van der Waals surface area (Å²) < 4.78 is 0. The second-order valence-electron chi connectivity index (χ2n) is 5.04. The number of nitrogens with zero attached hydrogens (tertiary/aromatic N) is 2. The maximum Gasteiger partial charge on any atom is 0.129 e. The monoisotopic (exact) mass is 307 g/mol. The predicted molar refractivity (Wildman–Crippen MR) is 83.4 cm³/mol. The number of fused-ring (bicyclic) bond motifs is 1. The first-order valence-electron chi connectivity index (χ1n) is 6.53. The number of hydrogen-bond acceptors (Lipinski definition) is 3. The molecular weight excluding hydrogens is 293 g/mol. The van der Waals surface area contributed by atoms with Crippen LogP contribution >= 0.6 is 23.2 Å². The summed E-state index contributed by atoms with van der Waals surface area (Å²) in [6, 6.07) is 11.9. The molecule has 0 bridgehead atoms. The topological polar surface area (TPSA) is 42.1 Å². The van der Waals surface area contributed by atoms with Gasteiger partial charge in [-0.05, 0) is 30.2 Å². The van der Waals surface area contributed by atoms with Crippen molar-refractivity contribution in [3.8, 4) is 0 Å². The summed E-state index contributed by atoms with van der Waals surface area (Å²) in [7, 11) is 0. The van der Waals surface area contributed by atoms with E-state index < -0.39 is 0 Å². The van der Waals surface area contributed by atoms with Crippen LogP contribution in [-0.4, -0.2) is 17.6 Å². The number of benzene rings is 1. The zero-order chi connectivity index (χ0) is 14.1. The summed E-state index contributed by atoms with van der Waals surface area (Å²) >= 11 is 12.2. The summed E-state index contributed by atoms with van der Waals surface area (Å²) in [5.41, 5.74) is 9.39. The van der Waals surface area contributed by atoms with Gasteiger partial charge >= 0.3 is 0 Å². The fourth-order valence-corrected chi connectivity index (χ4v) is 2.95. The first-order valence-corrected chi connectivity index (χ1v) is 7.28. The molecule has 0 saturated carbocycles. The molecule has 2 aromatic rings. The third-order valence-corrected chi connectivity index (χ3v) is 4.05. The average Bonchev–Trinajstić information content (AvgIpc) is 2.43. The second-order valence-corrected chi connectivity index (χ2v) is 5.83. The predicted octanol–water partition coefficient (Wildman–Crippen LogP) is 3.28. The lowest BCUT2D eigenvalue weighted by Gasteiger charge is -2.34. The van der Waals surface area contributed by atoms with E-state index in [0.29, 0.717) is 16.7 Å². The highest BCUT2D eigenvalue weighted by Gasteiger charge is 2.22. The number of halogens is 2. The molecule has 0 radical (unpaired) electrons. The van der Waals surface area contributed by atoms with Gasteiger partial charge in [0.05, 0.1) is 17.3 Å². The molecule has 1 atom stereocenters. The molecule has 5 heteroatoms. The Morgan fingerprint density at radius 2 is 2.00 bits per heavy atom. The first-order chi connectivity index (χ1) is 9.63. The molecule has 2 heterocycles. The van der Waals surface area contributed by atoms with Crippen LogP contribution in [0.4, 0.5) is 5.69 Å². The quantitative estimate of drug-likeness (QED) is 0.866. The van der Waals surface area contributed by atoms with Crippen LogP contribution in [0, 0.1) is 0 Å². The third-order valence-electron chi connectivity index (χ3n) is 3.49. The molecule has 0 amide bonds. The standard InChI is InChI=1S/C15H15Cl2N3/c16-12-5-6-15(17)19-13(12)9-20-8-11(18)7-10-3-1-2-4-14(10)20/h1-6,11H,7-9,18H2. The molecular formula is C15H15Cl2N3. The van der Waals surface area contributed by atoms with E-state index >= 15 is 0 Å². The van der Waals surface area contributed by atoms with E-state index in [0.717, 1.165) is 18.7 Å². The van der Waals surface area contributed by atoms with Crippen molar-refractivity contribution >= 4 is 28.9 Å². The number of anilines is 1. The normalized spacial score (nSPS) is 17.9. The Morgan fingerprint density at radius 1 is 1.20 bits per heavy atom. The molecule has 0 spiro atoms. The van der Waals surface area contributed by atoms with Crippen molar-refractivity contribution in [1.29, 1.82) is 0 Å². The van der Waals surface area contributed by atoms with Crippen LogP contribution < -0.4 is 10.6 Å². The maximum atomic E-state index is 6.20.